The Labute approximate surface area is 193 Å². The van der Waals surface area contributed by atoms with Crippen LogP contribution in [0.15, 0.2) is 70.3 Å². The maximum Gasteiger partial charge on any atom is 0.330 e. The lowest BCUT2D eigenvalue weighted by atomic mass is 10.2. The number of amides is 1. The van der Waals surface area contributed by atoms with Crippen LogP contribution in [0.1, 0.15) is 21.7 Å². The number of nitrogens with one attached hydrogen (secondary N) is 1. The fourth-order valence-electron chi connectivity index (χ4n) is 3.66. The standard InChI is InChI=1S/C24H24N4O4S/c1-32-13-7-12-27(23(30)19-14-17-10-5-6-11-18(17)33-19)20-21(25)28(24(31)26-22(20)29)15-16-8-3-2-4-9-16/h2-6,8-11,14H,7,12-13,15,25H2,1H3,(H,26,29,31). The van der Waals surface area contributed by atoms with Crippen molar-refractivity contribution >= 4 is 38.8 Å². The second kappa shape index (κ2) is 9.85. The quantitative estimate of drug-likeness (QED) is 0.390. The molecule has 0 aliphatic rings. The van der Waals surface area contributed by atoms with Crippen LogP contribution < -0.4 is 21.9 Å². The first kappa shape index (κ1) is 22.5. The van der Waals surface area contributed by atoms with Crippen LogP contribution in [0, 0.1) is 0 Å². The van der Waals surface area contributed by atoms with Gasteiger partial charge in [-0.3, -0.25) is 24.0 Å². The Balaban J connectivity index is 1.79. The number of hydrogen-bond donors (Lipinski definition) is 2. The summed E-state index contributed by atoms with van der Waals surface area (Å²) in [6.07, 6.45) is 0.490. The number of aromatic nitrogens is 2. The Morgan fingerprint density at radius 1 is 1.12 bits per heavy atom. The fourth-order valence-corrected chi connectivity index (χ4v) is 4.68. The monoisotopic (exact) mass is 464 g/mol. The van der Waals surface area contributed by atoms with E-state index in [0.29, 0.717) is 17.9 Å². The summed E-state index contributed by atoms with van der Waals surface area (Å²) in [5.41, 5.74) is 5.82. The third-order valence-electron chi connectivity index (χ3n) is 5.28. The maximum atomic E-state index is 13.6. The number of nitrogens with zero attached hydrogens (tertiary/aromatic N) is 2. The number of hydrogen-bond acceptors (Lipinski definition) is 6. The second-order valence-corrected chi connectivity index (χ2v) is 8.60. The van der Waals surface area contributed by atoms with Gasteiger partial charge in [-0.05, 0) is 29.5 Å². The van der Waals surface area contributed by atoms with Crippen molar-refractivity contribution in [3.8, 4) is 0 Å². The van der Waals surface area contributed by atoms with E-state index >= 15 is 0 Å². The molecule has 0 aliphatic heterocycles. The van der Waals surface area contributed by atoms with Crippen LogP contribution in [0.2, 0.25) is 0 Å². The first-order chi connectivity index (χ1) is 16.0. The van der Waals surface area contributed by atoms with Crippen molar-refractivity contribution in [2.24, 2.45) is 0 Å². The molecule has 170 valence electrons. The number of nitrogens with two attached hydrogens (primary N) is 1. The van der Waals surface area contributed by atoms with E-state index in [1.54, 1.807) is 13.2 Å². The molecule has 0 saturated carbocycles. The highest BCUT2D eigenvalue weighted by Gasteiger charge is 2.26. The van der Waals surface area contributed by atoms with Crippen molar-refractivity contribution in [2.45, 2.75) is 13.0 Å². The molecule has 3 N–H and O–H groups in total. The topological polar surface area (TPSA) is 110 Å². The minimum absolute atomic E-state index is 0.0379. The average Bonchev–Trinajstić information content (AvgIpc) is 3.25. The van der Waals surface area contributed by atoms with E-state index in [9.17, 15) is 14.4 Å². The van der Waals surface area contributed by atoms with Crippen LogP contribution in [0.3, 0.4) is 0 Å². The molecule has 0 spiro atoms. The van der Waals surface area contributed by atoms with Crippen LogP contribution >= 0.6 is 11.3 Å². The van der Waals surface area contributed by atoms with Gasteiger partial charge < -0.3 is 10.5 Å². The smallest absolute Gasteiger partial charge is 0.330 e. The molecule has 4 rings (SSSR count). The molecule has 8 nitrogen and oxygen atoms in total. The predicted octanol–water partition coefficient (Wildman–Crippen LogP) is 3.07. The number of benzene rings is 2. The zero-order valence-corrected chi connectivity index (χ0v) is 18.9. The number of ether oxygens (including phenoxy) is 1. The van der Waals surface area contributed by atoms with Gasteiger partial charge in [-0.15, -0.1) is 11.3 Å². The molecule has 33 heavy (non-hydrogen) atoms. The number of rotatable bonds is 8. The number of carbonyl (C=O) groups excluding carboxylic acids is 1. The number of nitrogen functional groups attached to an aromatic ring is 1. The normalized spacial score (nSPS) is 11.1. The Morgan fingerprint density at radius 2 is 1.85 bits per heavy atom. The fraction of sp³-hybridized carbons (Fsp3) is 0.208. The van der Waals surface area contributed by atoms with Crippen LogP contribution in [0.5, 0.6) is 0 Å². The molecule has 9 heteroatoms. The molecular formula is C24H24N4O4S. The SMILES string of the molecule is COCCCN(C(=O)c1cc2ccccc2s1)c1c(N)n(Cc2ccccc2)c(=O)[nH]c1=O. The van der Waals surface area contributed by atoms with Gasteiger partial charge in [0.2, 0.25) is 0 Å². The van der Waals surface area contributed by atoms with Gasteiger partial charge in [-0.2, -0.15) is 0 Å². The van der Waals surface area contributed by atoms with Crippen molar-refractivity contribution in [2.75, 3.05) is 30.9 Å². The van der Waals surface area contributed by atoms with Crippen molar-refractivity contribution in [3.05, 3.63) is 91.9 Å². The molecule has 0 unspecified atom stereocenters. The van der Waals surface area contributed by atoms with E-state index in [1.165, 1.54) is 20.8 Å². The summed E-state index contributed by atoms with van der Waals surface area (Å²) in [6.45, 7) is 0.772. The summed E-state index contributed by atoms with van der Waals surface area (Å²) >= 11 is 1.35. The van der Waals surface area contributed by atoms with Crippen LogP contribution in [0.25, 0.3) is 10.1 Å². The van der Waals surface area contributed by atoms with Gasteiger partial charge in [-0.25, -0.2) is 4.79 Å². The molecule has 0 bridgehead atoms. The molecule has 0 radical (unpaired) electrons. The number of H-pyrrole nitrogens is 1. The second-order valence-electron chi connectivity index (χ2n) is 7.52. The van der Waals surface area contributed by atoms with E-state index in [0.717, 1.165) is 15.6 Å². The van der Waals surface area contributed by atoms with E-state index in [1.807, 2.05) is 54.6 Å². The number of fused-ring (bicyclic) bond motifs is 1. The summed E-state index contributed by atoms with van der Waals surface area (Å²) in [4.78, 5) is 43.2. The summed E-state index contributed by atoms with van der Waals surface area (Å²) in [6, 6.07) is 18.8. The van der Waals surface area contributed by atoms with Crippen LogP contribution in [0.4, 0.5) is 11.5 Å². The third kappa shape index (κ3) is 4.74. The molecule has 4 aromatic rings. The lowest BCUT2D eigenvalue weighted by Gasteiger charge is -2.24. The zero-order chi connectivity index (χ0) is 23.4. The highest BCUT2D eigenvalue weighted by atomic mass is 32.1. The highest BCUT2D eigenvalue weighted by molar-refractivity contribution is 7.20. The summed E-state index contributed by atoms with van der Waals surface area (Å²) < 4.78 is 7.37. The third-order valence-corrected chi connectivity index (χ3v) is 6.38. The van der Waals surface area contributed by atoms with Gasteiger partial charge in [0.15, 0.2) is 5.69 Å². The lowest BCUT2D eigenvalue weighted by Crippen LogP contribution is -2.41. The predicted molar refractivity (Wildman–Crippen MR) is 131 cm³/mol. The average molecular weight is 465 g/mol. The summed E-state index contributed by atoms with van der Waals surface area (Å²) in [7, 11) is 1.57. The minimum atomic E-state index is -0.700. The van der Waals surface area contributed by atoms with E-state index in [2.05, 4.69) is 4.98 Å². The van der Waals surface area contributed by atoms with Crippen molar-refractivity contribution in [3.63, 3.8) is 0 Å². The Hall–Kier alpha value is -3.69. The zero-order valence-electron chi connectivity index (χ0n) is 18.1. The highest BCUT2D eigenvalue weighted by Crippen LogP contribution is 2.28. The lowest BCUT2D eigenvalue weighted by molar-refractivity contribution is 0.0987. The van der Waals surface area contributed by atoms with Crippen LogP contribution in [-0.4, -0.2) is 35.7 Å². The molecule has 1 amide bonds. The first-order valence-electron chi connectivity index (χ1n) is 10.5. The first-order valence-corrected chi connectivity index (χ1v) is 11.3. The van der Waals surface area contributed by atoms with Crippen molar-refractivity contribution < 1.29 is 9.53 Å². The van der Waals surface area contributed by atoms with E-state index in [-0.39, 0.29) is 30.5 Å². The van der Waals surface area contributed by atoms with E-state index in [4.69, 9.17) is 10.5 Å². The van der Waals surface area contributed by atoms with Crippen molar-refractivity contribution in [1.82, 2.24) is 9.55 Å². The van der Waals surface area contributed by atoms with Gasteiger partial charge in [0, 0.05) is 25.0 Å². The van der Waals surface area contributed by atoms with E-state index < -0.39 is 11.2 Å². The molecule has 2 aromatic carbocycles. The van der Waals surface area contributed by atoms with Crippen LogP contribution in [-0.2, 0) is 11.3 Å². The molecule has 2 heterocycles. The number of thiophene rings is 1. The molecule has 2 aromatic heterocycles. The molecule has 0 saturated heterocycles. The van der Waals surface area contributed by atoms with Gasteiger partial charge in [0.1, 0.15) is 5.82 Å². The molecule has 0 aliphatic carbocycles. The molecular weight excluding hydrogens is 440 g/mol. The van der Waals surface area contributed by atoms with Gasteiger partial charge in [0.05, 0.1) is 11.4 Å². The van der Waals surface area contributed by atoms with Gasteiger partial charge in [0.25, 0.3) is 11.5 Å². The summed E-state index contributed by atoms with van der Waals surface area (Å²) in [5.74, 6) is -0.408. The molecule has 0 atom stereocenters. The van der Waals surface area contributed by atoms with Gasteiger partial charge in [-0.1, -0.05) is 48.5 Å². The number of methoxy groups -OCH3 is 1. The number of aromatic amines is 1. The Kier molecular flexibility index (Phi) is 6.71. The molecule has 0 fully saturated rings. The largest absolute Gasteiger partial charge is 0.385 e. The number of anilines is 2. The maximum absolute atomic E-state index is 13.6. The van der Waals surface area contributed by atoms with Crippen molar-refractivity contribution in [1.29, 1.82) is 0 Å². The Morgan fingerprint density at radius 3 is 2.58 bits per heavy atom. The minimum Gasteiger partial charge on any atom is -0.385 e. The van der Waals surface area contributed by atoms with Gasteiger partial charge >= 0.3 is 5.69 Å². The summed E-state index contributed by atoms with van der Waals surface area (Å²) in [5, 5.41) is 0.943. The Bertz CT molecular complexity index is 1360. The number of carbonyl (C=O) groups is 1.